The van der Waals surface area contributed by atoms with E-state index in [0.717, 1.165) is 76.0 Å². The molecule has 0 unspecified atom stereocenters. The van der Waals surface area contributed by atoms with E-state index in [1.165, 1.54) is 5.56 Å². The molecule has 16 nitrogen and oxygen atoms in total. The lowest BCUT2D eigenvalue weighted by Gasteiger charge is -2.21. The second kappa shape index (κ2) is 30.9. The summed E-state index contributed by atoms with van der Waals surface area (Å²) in [5.74, 6) is 0.120. The molecule has 2 atom stereocenters. The maximum absolute atomic E-state index is 13.3. The Labute approximate surface area is 397 Å². The molecule has 0 radical (unpaired) electrons. The molecule has 5 N–H and O–H groups in total. The fraction of sp³-hybridized carbons (Fsp3) is 0.500. The zero-order chi connectivity index (χ0) is 47.3. The van der Waals surface area contributed by atoms with Crippen molar-refractivity contribution in [1.82, 2.24) is 15.6 Å². The average molecular weight is 946 g/mol. The molecule has 3 amide bonds. The van der Waals surface area contributed by atoms with Crippen molar-refractivity contribution in [1.29, 1.82) is 0 Å². The van der Waals surface area contributed by atoms with Gasteiger partial charge in [0.25, 0.3) is 0 Å². The van der Waals surface area contributed by atoms with E-state index in [-0.39, 0.29) is 25.0 Å². The number of nitrogens with zero attached hydrogens (tertiary/aromatic N) is 1. The van der Waals surface area contributed by atoms with Crippen LogP contribution >= 0.6 is 11.3 Å². The molecule has 17 heteroatoms. The number of hydrogen-bond acceptors (Lipinski definition) is 14. The minimum atomic E-state index is -0.433. The molecule has 0 saturated heterocycles. The summed E-state index contributed by atoms with van der Waals surface area (Å²) in [5, 5.41) is 9.15. The molecular weight excluding hydrogens is 879 g/mol. The van der Waals surface area contributed by atoms with Crippen LogP contribution in [-0.4, -0.2) is 121 Å². The third-order valence-corrected chi connectivity index (χ3v) is 11.9. The van der Waals surface area contributed by atoms with Crippen molar-refractivity contribution in [2.45, 2.75) is 83.5 Å². The minimum Gasteiger partial charge on any atom is -0.491 e. The van der Waals surface area contributed by atoms with Crippen molar-refractivity contribution < 1.29 is 52.3 Å². The number of rotatable bonds is 37. The predicted octanol–water partition coefficient (Wildman–Crippen LogP) is 5.28. The number of nitrogens with two attached hydrogens (primary N) is 1. The van der Waals surface area contributed by atoms with Crippen LogP contribution in [0.5, 0.6) is 5.75 Å². The fourth-order valence-electron chi connectivity index (χ4n) is 7.41. The SMILES string of the molecule is Cc1ncsc1-c1ccc(CNC=O)c(OCCOCCOCCOCCOCCOCCCc2ccc(COC[C@H](CCC(N)=O)NC(=O)[C@@H]3Cc4cccc(CCCC=O)c4N3)cc2)c1. The van der Waals surface area contributed by atoms with Gasteiger partial charge >= 0.3 is 0 Å². The van der Waals surface area contributed by atoms with Crippen LogP contribution in [-0.2, 0) is 80.0 Å². The average Bonchev–Trinajstić information content (AvgIpc) is 3.98. The molecule has 0 fully saturated rings. The van der Waals surface area contributed by atoms with Gasteiger partial charge in [-0.25, -0.2) is 4.98 Å². The summed E-state index contributed by atoms with van der Waals surface area (Å²) in [6.07, 6.45) is 6.47. The van der Waals surface area contributed by atoms with Crippen molar-refractivity contribution in [2.75, 3.05) is 84.6 Å². The number of carbonyl (C=O) groups excluding carboxylic acids is 4. The van der Waals surface area contributed by atoms with Gasteiger partial charge in [0.15, 0.2) is 0 Å². The van der Waals surface area contributed by atoms with E-state index < -0.39 is 11.9 Å². The summed E-state index contributed by atoms with van der Waals surface area (Å²) in [4.78, 5) is 51.9. The number of thiazole rings is 1. The summed E-state index contributed by atoms with van der Waals surface area (Å²) in [5.41, 5.74) is 15.5. The Bertz CT molecular complexity index is 2090. The number of aromatic nitrogens is 1. The number of unbranched alkanes of at least 4 members (excludes halogenated alkanes) is 1. The quantitative estimate of drug-likeness (QED) is 0.0336. The lowest BCUT2D eigenvalue weighted by molar-refractivity contribution is -0.124. The van der Waals surface area contributed by atoms with E-state index in [1.54, 1.807) is 11.3 Å². The summed E-state index contributed by atoms with van der Waals surface area (Å²) in [6.45, 7) is 8.12. The number of carbonyl (C=O) groups is 4. The van der Waals surface area contributed by atoms with Crippen LogP contribution in [0.4, 0.5) is 5.69 Å². The van der Waals surface area contributed by atoms with Gasteiger partial charge in [-0.2, -0.15) is 0 Å². The van der Waals surface area contributed by atoms with Crippen LogP contribution in [0.3, 0.4) is 0 Å². The van der Waals surface area contributed by atoms with E-state index >= 15 is 0 Å². The topological polar surface area (TPSA) is 208 Å². The second-order valence-corrected chi connectivity index (χ2v) is 16.9. The number of hydrogen-bond donors (Lipinski definition) is 4. The van der Waals surface area contributed by atoms with Crippen LogP contribution < -0.4 is 26.4 Å². The van der Waals surface area contributed by atoms with E-state index in [0.29, 0.717) is 117 Å². The molecule has 0 spiro atoms. The van der Waals surface area contributed by atoms with Crippen LogP contribution in [0.25, 0.3) is 10.4 Å². The molecule has 4 aromatic rings. The van der Waals surface area contributed by atoms with Crippen molar-refractivity contribution in [3.63, 3.8) is 0 Å². The number of para-hydroxylation sites is 1. The summed E-state index contributed by atoms with van der Waals surface area (Å²) in [7, 11) is 0. The number of aryl methyl sites for hydroxylation is 3. The molecule has 1 aromatic heterocycles. The van der Waals surface area contributed by atoms with Crippen LogP contribution in [0.1, 0.15) is 65.6 Å². The van der Waals surface area contributed by atoms with E-state index in [9.17, 15) is 19.2 Å². The Morgan fingerprint density at radius 1 is 0.821 bits per heavy atom. The standard InChI is InChI=1S/C50H67N5O11S/c1-37-49(67-36-53-37)42-14-15-43(32-52-35-57)46(31-42)66-29-28-64-27-26-63-25-24-62-23-22-61-21-20-60-19-5-6-38-10-12-39(13-11-38)33-65-34-44(16-17-47(51)58)54-50(59)45-30-41-9-4-8-40(48(41)55-45)7-2-3-18-56/h4,8-15,18,31,35-36,44-45,55H,2-3,5-7,16-17,19-30,32-34H2,1H3,(H2,51,58)(H,52,57)(H,54,59)/t44-,45-/m0/s1. The summed E-state index contributed by atoms with van der Waals surface area (Å²) in [6, 6.07) is 19.4. The second-order valence-electron chi connectivity index (χ2n) is 16.1. The molecule has 2 heterocycles. The fourth-order valence-corrected chi connectivity index (χ4v) is 8.21. The third kappa shape index (κ3) is 19.5. The van der Waals surface area contributed by atoms with Gasteiger partial charge in [-0.3, -0.25) is 14.4 Å². The van der Waals surface area contributed by atoms with E-state index in [2.05, 4.69) is 33.1 Å². The number of benzene rings is 3. The number of anilines is 1. The maximum atomic E-state index is 13.3. The first kappa shape index (κ1) is 52.7. The normalized spacial score (nSPS) is 13.4. The molecule has 1 aliphatic rings. The number of nitrogens with one attached hydrogen (secondary N) is 3. The predicted molar refractivity (Wildman–Crippen MR) is 256 cm³/mol. The highest BCUT2D eigenvalue weighted by atomic mass is 32.1. The smallest absolute Gasteiger partial charge is 0.243 e. The number of ether oxygens (including phenoxy) is 7. The molecule has 0 bridgehead atoms. The highest BCUT2D eigenvalue weighted by Gasteiger charge is 2.29. The zero-order valence-electron chi connectivity index (χ0n) is 38.6. The Morgan fingerprint density at radius 3 is 2.16 bits per heavy atom. The van der Waals surface area contributed by atoms with Gasteiger partial charge in [0.05, 0.1) is 94.8 Å². The number of fused-ring (bicyclic) bond motifs is 1. The summed E-state index contributed by atoms with van der Waals surface area (Å²) >= 11 is 1.58. The summed E-state index contributed by atoms with van der Waals surface area (Å²) < 4.78 is 40.2. The van der Waals surface area contributed by atoms with Gasteiger partial charge in [-0.15, -0.1) is 11.3 Å². The Morgan fingerprint density at radius 2 is 1.51 bits per heavy atom. The van der Waals surface area contributed by atoms with Crippen LogP contribution in [0.2, 0.25) is 0 Å². The molecule has 67 heavy (non-hydrogen) atoms. The highest BCUT2D eigenvalue weighted by molar-refractivity contribution is 7.13. The molecule has 3 aromatic carbocycles. The lowest BCUT2D eigenvalue weighted by atomic mass is 10.0. The lowest BCUT2D eigenvalue weighted by Crippen LogP contribution is -2.46. The first-order valence-electron chi connectivity index (χ1n) is 23.1. The number of aldehydes is 1. The Hall–Kier alpha value is -5.27. The van der Waals surface area contributed by atoms with E-state index in [4.69, 9.17) is 38.9 Å². The van der Waals surface area contributed by atoms with Crippen molar-refractivity contribution in [2.24, 2.45) is 5.73 Å². The Balaban J connectivity index is 0.828. The zero-order valence-corrected chi connectivity index (χ0v) is 39.5. The number of amides is 3. The van der Waals surface area contributed by atoms with Gasteiger partial charge < -0.3 is 59.6 Å². The monoisotopic (exact) mass is 945 g/mol. The van der Waals surface area contributed by atoms with Gasteiger partial charge in [-0.1, -0.05) is 54.6 Å². The minimum absolute atomic E-state index is 0.141. The van der Waals surface area contributed by atoms with E-state index in [1.807, 2.05) is 61.0 Å². The third-order valence-electron chi connectivity index (χ3n) is 10.9. The maximum Gasteiger partial charge on any atom is 0.243 e. The molecule has 0 aliphatic carbocycles. The van der Waals surface area contributed by atoms with Crippen molar-refractivity contribution >= 4 is 41.5 Å². The first-order valence-corrected chi connectivity index (χ1v) is 24.0. The first-order chi connectivity index (χ1) is 32.8. The number of primary amides is 1. The van der Waals surface area contributed by atoms with Crippen molar-refractivity contribution in [3.05, 3.63) is 99.7 Å². The molecule has 0 saturated carbocycles. The van der Waals surface area contributed by atoms with Crippen LogP contribution in [0, 0.1) is 6.92 Å². The van der Waals surface area contributed by atoms with Crippen LogP contribution in [0.15, 0.2) is 66.2 Å². The van der Waals surface area contributed by atoms with Gasteiger partial charge in [-0.05, 0) is 72.9 Å². The van der Waals surface area contributed by atoms with Crippen molar-refractivity contribution in [3.8, 4) is 16.2 Å². The van der Waals surface area contributed by atoms with Gasteiger partial charge in [0.2, 0.25) is 18.2 Å². The molecular formula is C50H67N5O11S. The highest BCUT2D eigenvalue weighted by Crippen LogP contribution is 2.33. The molecule has 364 valence electrons. The largest absolute Gasteiger partial charge is 0.491 e. The molecule has 5 rings (SSSR count). The van der Waals surface area contributed by atoms with Gasteiger partial charge in [0, 0.05) is 43.7 Å². The van der Waals surface area contributed by atoms with Gasteiger partial charge in [0.1, 0.15) is 24.7 Å². The molecule has 1 aliphatic heterocycles. The Kier molecular flexibility index (Phi) is 24.3.